The number of carbonyl (C=O) groups excluding carboxylic acids is 3. The SMILES string of the molecule is CNC(=O)C[C@H](C)[C@H](NC(=O)C1CCCN1)C(=O)N1CCCC1C#N. The van der Waals surface area contributed by atoms with Gasteiger partial charge in [0.15, 0.2) is 0 Å². The molecule has 138 valence electrons. The number of hydrogen-bond acceptors (Lipinski definition) is 5. The van der Waals surface area contributed by atoms with Crippen LogP contribution in [-0.4, -0.2) is 60.9 Å². The minimum Gasteiger partial charge on any atom is -0.359 e. The van der Waals surface area contributed by atoms with Crippen LogP contribution in [0.25, 0.3) is 0 Å². The van der Waals surface area contributed by atoms with Crippen molar-refractivity contribution < 1.29 is 14.4 Å². The number of amides is 3. The second kappa shape index (κ2) is 8.81. The van der Waals surface area contributed by atoms with Crippen molar-refractivity contribution in [2.24, 2.45) is 5.92 Å². The van der Waals surface area contributed by atoms with E-state index in [0.717, 1.165) is 25.8 Å². The predicted octanol–water partition coefficient (Wildman–Crippen LogP) is -0.490. The molecule has 25 heavy (non-hydrogen) atoms. The van der Waals surface area contributed by atoms with Gasteiger partial charge in [0.25, 0.3) is 0 Å². The molecule has 2 aliphatic rings. The number of nitriles is 1. The Labute approximate surface area is 148 Å². The zero-order chi connectivity index (χ0) is 18.4. The number of likely N-dealkylation sites (tertiary alicyclic amines) is 1. The van der Waals surface area contributed by atoms with E-state index in [-0.39, 0.29) is 36.1 Å². The Morgan fingerprint density at radius 2 is 2.08 bits per heavy atom. The van der Waals surface area contributed by atoms with E-state index in [1.807, 2.05) is 0 Å². The lowest BCUT2D eigenvalue weighted by atomic mass is 9.95. The molecule has 2 saturated heterocycles. The molecular weight excluding hydrogens is 322 g/mol. The van der Waals surface area contributed by atoms with Gasteiger partial charge in [0.1, 0.15) is 12.1 Å². The number of carbonyl (C=O) groups is 3. The second-order valence-corrected chi connectivity index (χ2v) is 6.81. The van der Waals surface area contributed by atoms with Crippen molar-refractivity contribution in [2.75, 3.05) is 20.1 Å². The molecule has 2 aliphatic heterocycles. The summed E-state index contributed by atoms with van der Waals surface area (Å²) >= 11 is 0. The van der Waals surface area contributed by atoms with Crippen molar-refractivity contribution in [1.82, 2.24) is 20.9 Å². The standard InChI is InChI=1S/C17H27N5O3/c1-11(9-14(23)19-2)15(21-16(24)13-6-3-7-20-13)17(25)22-8-4-5-12(22)10-18/h11-13,15,20H,3-9H2,1-2H3,(H,19,23)(H,21,24)/t11-,12?,13?,15-/m0/s1. The van der Waals surface area contributed by atoms with Crippen LogP contribution in [0.5, 0.6) is 0 Å². The number of rotatable bonds is 6. The maximum Gasteiger partial charge on any atom is 0.246 e. The third-order valence-corrected chi connectivity index (χ3v) is 4.98. The summed E-state index contributed by atoms with van der Waals surface area (Å²) < 4.78 is 0. The molecule has 0 aromatic heterocycles. The summed E-state index contributed by atoms with van der Waals surface area (Å²) in [7, 11) is 1.54. The highest BCUT2D eigenvalue weighted by Crippen LogP contribution is 2.21. The zero-order valence-corrected chi connectivity index (χ0v) is 14.9. The van der Waals surface area contributed by atoms with Crippen LogP contribution < -0.4 is 16.0 Å². The highest BCUT2D eigenvalue weighted by molar-refractivity contribution is 5.91. The zero-order valence-electron chi connectivity index (χ0n) is 14.9. The normalized spacial score (nSPS) is 25.1. The monoisotopic (exact) mass is 349 g/mol. The van der Waals surface area contributed by atoms with Gasteiger partial charge in [-0.1, -0.05) is 6.92 Å². The van der Waals surface area contributed by atoms with Crippen LogP contribution in [0.15, 0.2) is 0 Å². The van der Waals surface area contributed by atoms with Gasteiger partial charge in [-0.25, -0.2) is 0 Å². The quantitative estimate of drug-likeness (QED) is 0.599. The summed E-state index contributed by atoms with van der Waals surface area (Å²) in [5.41, 5.74) is 0. The molecule has 0 saturated carbocycles. The fourth-order valence-corrected chi connectivity index (χ4v) is 3.47. The van der Waals surface area contributed by atoms with Crippen LogP contribution >= 0.6 is 0 Å². The highest BCUT2D eigenvalue weighted by Gasteiger charge is 2.38. The largest absolute Gasteiger partial charge is 0.359 e. The van der Waals surface area contributed by atoms with Gasteiger partial charge in [-0.05, 0) is 38.1 Å². The van der Waals surface area contributed by atoms with E-state index < -0.39 is 12.1 Å². The molecule has 8 heteroatoms. The fourth-order valence-electron chi connectivity index (χ4n) is 3.47. The smallest absolute Gasteiger partial charge is 0.246 e. The lowest BCUT2D eigenvalue weighted by Crippen LogP contribution is -2.56. The van der Waals surface area contributed by atoms with Crippen LogP contribution in [0.2, 0.25) is 0 Å². The summed E-state index contributed by atoms with van der Waals surface area (Å²) in [6.45, 7) is 3.07. The fraction of sp³-hybridized carbons (Fsp3) is 0.765. The Morgan fingerprint density at radius 3 is 2.68 bits per heavy atom. The van der Waals surface area contributed by atoms with Crippen LogP contribution in [0, 0.1) is 17.2 Å². The average Bonchev–Trinajstić information content (AvgIpc) is 3.29. The van der Waals surface area contributed by atoms with Crippen molar-refractivity contribution in [3.63, 3.8) is 0 Å². The first-order valence-electron chi connectivity index (χ1n) is 8.92. The summed E-state index contributed by atoms with van der Waals surface area (Å²) in [6.07, 6.45) is 3.22. The minimum atomic E-state index is -0.804. The van der Waals surface area contributed by atoms with Crippen LogP contribution in [0.1, 0.15) is 39.0 Å². The maximum absolute atomic E-state index is 13.0. The molecule has 2 unspecified atom stereocenters. The molecule has 0 aliphatic carbocycles. The van der Waals surface area contributed by atoms with Gasteiger partial charge < -0.3 is 20.9 Å². The van der Waals surface area contributed by atoms with Crippen molar-refractivity contribution in [3.8, 4) is 6.07 Å². The molecule has 2 heterocycles. The van der Waals surface area contributed by atoms with Crippen LogP contribution in [0.3, 0.4) is 0 Å². The molecule has 0 bridgehead atoms. The van der Waals surface area contributed by atoms with Gasteiger partial charge in [0.2, 0.25) is 17.7 Å². The molecule has 0 radical (unpaired) electrons. The summed E-state index contributed by atoms with van der Waals surface area (Å²) in [5.74, 6) is -1.03. The Kier molecular flexibility index (Phi) is 6.76. The van der Waals surface area contributed by atoms with Crippen molar-refractivity contribution >= 4 is 17.7 Å². The first-order valence-corrected chi connectivity index (χ1v) is 8.92. The van der Waals surface area contributed by atoms with Gasteiger partial charge in [0.05, 0.1) is 12.1 Å². The van der Waals surface area contributed by atoms with E-state index in [2.05, 4.69) is 22.0 Å². The molecule has 8 nitrogen and oxygen atoms in total. The van der Waals surface area contributed by atoms with E-state index in [9.17, 15) is 19.6 Å². The highest BCUT2D eigenvalue weighted by atomic mass is 16.2. The van der Waals surface area contributed by atoms with Crippen molar-refractivity contribution in [1.29, 1.82) is 5.26 Å². The Balaban J connectivity index is 2.12. The van der Waals surface area contributed by atoms with Gasteiger partial charge in [-0.15, -0.1) is 0 Å². The van der Waals surface area contributed by atoms with Crippen molar-refractivity contribution in [2.45, 2.75) is 57.2 Å². The lowest BCUT2D eigenvalue weighted by Gasteiger charge is -2.30. The molecule has 3 N–H and O–H groups in total. The van der Waals surface area contributed by atoms with Crippen molar-refractivity contribution in [3.05, 3.63) is 0 Å². The molecule has 4 atom stereocenters. The third kappa shape index (κ3) is 4.69. The van der Waals surface area contributed by atoms with E-state index in [1.54, 1.807) is 14.0 Å². The summed E-state index contributed by atoms with van der Waals surface area (Å²) in [4.78, 5) is 38.7. The number of hydrogen-bond donors (Lipinski definition) is 3. The third-order valence-electron chi connectivity index (χ3n) is 4.98. The van der Waals surface area contributed by atoms with E-state index in [4.69, 9.17) is 0 Å². The summed E-state index contributed by atoms with van der Waals surface area (Å²) in [6, 6.07) is 0.592. The molecule has 2 rings (SSSR count). The second-order valence-electron chi connectivity index (χ2n) is 6.81. The van der Waals surface area contributed by atoms with Gasteiger partial charge in [-0.3, -0.25) is 14.4 Å². The average molecular weight is 349 g/mol. The molecule has 2 fully saturated rings. The van der Waals surface area contributed by atoms with Crippen LogP contribution in [-0.2, 0) is 14.4 Å². The Hall–Kier alpha value is -2.14. The predicted molar refractivity (Wildman–Crippen MR) is 91.2 cm³/mol. The molecule has 3 amide bonds. The Bertz CT molecular complexity index is 553. The molecule has 0 aromatic rings. The first-order chi connectivity index (χ1) is 12.0. The van der Waals surface area contributed by atoms with E-state index in [0.29, 0.717) is 13.0 Å². The van der Waals surface area contributed by atoms with Gasteiger partial charge in [0, 0.05) is 20.0 Å². The molecule has 0 spiro atoms. The lowest BCUT2D eigenvalue weighted by molar-refractivity contribution is -0.138. The minimum absolute atomic E-state index is 0.135. The van der Waals surface area contributed by atoms with E-state index >= 15 is 0 Å². The summed E-state index contributed by atoms with van der Waals surface area (Å²) in [5, 5.41) is 17.7. The molecule has 0 aromatic carbocycles. The van der Waals surface area contributed by atoms with Gasteiger partial charge >= 0.3 is 0 Å². The van der Waals surface area contributed by atoms with E-state index in [1.165, 1.54) is 4.90 Å². The maximum atomic E-state index is 13.0. The topological polar surface area (TPSA) is 114 Å². The first kappa shape index (κ1) is 19.2. The Morgan fingerprint density at radius 1 is 1.32 bits per heavy atom. The van der Waals surface area contributed by atoms with Crippen LogP contribution in [0.4, 0.5) is 0 Å². The number of nitrogens with one attached hydrogen (secondary N) is 3. The number of nitrogens with zero attached hydrogens (tertiary/aromatic N) is 2. The van der Waals surface area contributed by atoms with Gasteiger partial charge in [-0.2, -0.15) is 5.26 Å². The molecular formula is C17H27N5O3.